The smallest absolute Gasteiger partial charge is 0.260 e. The Balaban J connectivity index is 1.68. The number of carbonyl (C=O) groups is 2. The van der Waals surface area contributed by atoms with Gasteiger partial charge in [-0.25, -0.2) is 0 Å². The minimum atomic E-state index is -0.324. The zero-order valence-corrected chi connectivity index (χ0v) is 13.5. The number of piperidine rings is 1. The number of hydrogen-bond acceptors (Lipinski definition) is 4. The predicted octanol–water partition coefficient (Wildman–Crippen LogP) is 1.51. The van der Waals surface area contributed by atoms with Crippen molar-refractivity contribution < 1.29 is 14.3 Å². The van der Waals surface area contributed by atoms with Crippen molar-refractivity contribution in [2.45, 2.75) is 50.6 Å². The highest BCUT2D eigenvalue weighted by Crippen LogP contribution is 2.33. The molecular weight excluding hydrogens is 294 g/mol. The molecule has 0 unspecified atom stereocenters. The van der Waals surface area contributed by atoms with Crippen molar-refractivity contribution in [1.29, 1.82) is 0 Å². The summed E-state index contributed by atoms with van der Waals surface area (Å²) in [7, 11) is 0. The van der Waals surface area contributed by atoms with Crippen LogP contribution in [0.1, 0.15) is 39.0 Å². The summed E-state index contributed by atoms with van der Waals surface area (Å²) in [5.74, 6) is 0.659. The number of likely N-dealkylation sites (tertiary alicyclic amines) is 1. The van der Waals surface area contributed by atoms with Crippen LogP contribution in [0.3, 0.4) is 0 Å². The van der Waals surface area contributed by atoms with Gasteiger partial charge in [0, 0.05) is 19.2 Å². The summed E-state index contributed by atoms with van der Waals surface area (Å²) in [5.41, 5.74) is -0.324. The molecule has 2 atom stereocenters. The number of hydrogen-bond donors (Lipinski definition) is 1. The van der Waals surface area contributed by atoms with Crippen molar-refractivity contribution in [1.82, 2.24) is 15.2 Å². The first-order valence-electron chi connectivity index (χ1n) is 8.22. The summed E-state index contributed by atoms with van der Waals surface area (Å²) in [6.45, 7) is 2.79. The maximum absolute atomic E-state index is 12.6. The summed E-state index contributed by atoms with van der Waals surface area (Å²) >= 11 is 0. The lowest BCUT2D eigenvalue weighted by molar-refractivity contribution is -0.141. The number of carbonyl (C=O) groups excluding carboxylic acids is 2. The lowest BCUT2D eigenvalue weighted by atomic mass is 9.81. The molecule has 3 heterocycles. The van der Waals surface area contributed by atoms with Crippen LogP contribution in [0.2, 0.25) is 0 Å². The molecule has 2 aliphatic heterocycles. The summed E-state index contributed by atoms with van der Waals surface area (Å²) in [4.78, 5) is 30.4. The molecular formula is C17H23N3O3. The molecule has 3 rings (SSSR count). The zero-order valence-electron chi connectivity index (χ0n) is 13.5. The Kier molecular flexibility index (Phi) is 4.50. The number of pyridine rings is 1. The van der Waals surface area contributed by atoms with Crippen molar-refractivity contribution in [3.8, 4) is 5.75 Å². The van der Waals surface area contributed by atoms with Crippen molar-refractivity contribution in [2.24, 2.45) is 0 Å². The van der Waals surface area contributed by atoms with Gasteiger partial charge in [-0.1, -0.05) is 0 Å². The lowest BCUT2D eigenvalue weighted by Gasteiger charge is -2.47. The normalized spacial score (nSPS) is 27.6. The molecule has 0 aliphatic carbocycles. The fourth-order valence-corrected chi connectivity index (χ4v) is 3.70. The summed E-state index contributed by atoms with van der Waals surface area (Å²) in [6.07, 6.45) is 7.29. The first-order chi connectivity index (χ1) is 11.1. The van der Waals surface area contributed by atoms with Gasteiger partial charge in [0.15, 0.2) is 6.61 Å². The van der Waals surface area contributed by atoms with Crippen molar-refractivity contribution in [2.75, 3.05) is 13.2 Å². The first kappa shape index (κ1) is 15.8. The topological polar surface area (TPSA) is 71.5 Å². The first-order valence-corrected chi connectivity index (χ1v) is 8.22. The lowest BCUT2D eigenvalue weighted by Crippen LogP contribution is -2.64. The van der Waals surface area contributed by atoms with Crippen LogP contribution in [-0.2, 0) is 9.59 Å². The van der Waals surface area contributed by atoms with Gasteiger partial charge >= 0.3 is 0 Å². The van der Waals surface area contributed by atoms with E-state index in [1.807, 2.05) is 4.90 Å². The number of rotatable bonds is 3. The quantitative estimate of drug-likeness (QED) is 0.917. The van der Waals surface area contributed by atoms with E-state index in [-0.39, 0.29) is 30.0 Å². The molecule has 0 saturated carbocycles. The Bertz CT molecular complexity index is 578. The molecule has 0 aromatic carbocycles. The van der Waals surface area contributed by atoms with Crippen LogP contribution >= 0.6 is 0 Å². The van der Waals surface area contributed by atoms with E-state index in [0.717, 1.165) is 32.2 Å². The van der Waals surface area contributed by atoms with Crippen molar-refractivity contribution in [3.63, 3.8) is 0 Å². The SMILES string of the molecule is C[C@]12CCCN(C(=O)COc3cccnc3)[C@H]1CCCC(=O)N2. The van der Waals surface area contributed by atoms with E-state index in [9.17, 15) is 9.59 Å². The molecule has 1 aromatic heterocycles. The van der Waals surface area contributed by atoms with Gasteiger partial charge in [-0.2, -0.15) is 0 Å². The zero-order chi connectivity index (χ0) is 16.3. The number of fused-ring (bicyclic) bond motifs is 1. The highest BCUT2D eigenvalue weighted by Gasteiger charge is 2.44. The Morgan fingerprint density at radius 2 is 2.39 bits per heavy atom. The molecule has 6 nitrogen and oxygen atoms in total. The van der Waals surface area contributed by atoms with Crippen LogP contribution < -0.4 is 10.1 Å². The molecule has 0 spiro atoms. The average Bonchev–Trinajstić information content (AvgIpc) is 2.70. The van der Waals surface area contributed by atoms with Gasteiger partial charge in [0.05, 0.1) is 17.8 Å². The minimum absolute atomic E-state index is 0.00617. The Morgan fingerprint density at radius 1 is 1.52 bits per heavy atom. The van der Waals surface area contributed by atoms with E-state index < -0.39 is 0 Å². The number of amides is 2. The average molecular weight is 317 g/mol. The van der Waals surface area contributed by atoms with Crippen LogP contribution in [0.25, 0.3) is 0 Å². The van der Waals surface area contributed by atoms with E-state index in [0.29, 0.717) is 12.2 Å². The molecule has 23 heavy (non-hydrogen) atoms. The maximum atomic E-state index is 12.6. The molecule has 124 valence electrons. The van der Waals surface area contributed by atoms with Gasteiger partial charge < -0.3 is 15.0 Å². The van der Waals surface area contributed by atoms with Gasteiger partial charge in [0.25, 0.3) is 5.91 Å². The largest absolute Gasteiger partial charge is 0.482 e. The Hall–Kier alpha value is -2.11. The number of nitrogens with zero attached hydrogens (tertiary/aromatic N) is 2. The second kappa shape index (κ2) is 6.56. The van der Waals surface area contributed by atoms with Gasteiger partial charge in [-0.15, -0.1) is 0 Å². The fraction of sp³-hybridized carbons (Fsp3) is 0.588. The third-order valence-corrected chi connectivity index (χ3v) is 4.83. The van der Waals surface area contributed by atoms with E-state index in [2.05, 4.69) is 17.2 Å². The molecule has 6 heteroatoms. The Morgan fingerprint density at radius 3 is 3.17 bits per heavy atom. The van der Waals surface area contributed by atoms with E-state index in [4.69, 9.17) is 4.74 Å². The summed E-state index contributed by atoms with van der Waals surface area (Å²) in [6, 6.07) is 3.61. The third-order valence-electron chi connectivity index (χ3n) is 4.83. The van der Waals surface area contributed by atoms with Gasteiger partial charge in [-0.05, 0) is 44.7 Å². The van der Waals surface area contributed by atoms with E-state index in [1.165, 1.54) is 0 Å². The number of aromatic nitrogens is 1. The van der Waals surface area contributed by atoms with Crippen LogP contribution in [0.5, 0.6) is 5.75 Å². The van der Waals surface area contributed by atoms with Crippen LogP contribution in [0, 0.1) is 0 Å². The second-order valence-electron chi connectivity index (χ2n) is 6.54. The van der Waals surface area contributed by atoms with Crippen molar-refractivity contribution >= 4 is 11.8 Å². The molecule has 2 fully saturated rings. The highest BCUT2D eigenvalue weighted by atomic mass is 16.5. The van der Waals surface area contributed by atoms with Gasteiger partial charge in [-0.3, -0.25) is 14.6 Å². The minimum Gasteiger partial charge on any atom is -0.482 e. The van der Waals surface area contributed by atoms with Crippen LogP contribution in [-0.4, -0.2) is 46.4 Å². The third kappa shape index (κ3) is 3.46. The molecule has 1 N–H and O–H groups in total. The standard InChI is InChI=1S/C17H23N3O3/c1-17-8-4-10-20(14(17)6-2-7-15(21)19-17)16(22)12-23-13-5-3-9-18-11-13/h3,5,9,11,14H,2,4,6-8,10,12H2,1H3,(H,19,21)/t14-,17-/m0/s1. The fourth-order valence-electron chi connectivity index (χ4n) is 3.70. The molecule has 2 aliphatic rings. The molecule has 0 radical (unpaired) electrons. The number of ether oxygens (including phenoxy) is 1. The Labute approximate surface area is 136 Å². The van der Waals surface area contributed by atoms with E-state index in [1.54, 1.807) is 24.5 Å². The monoisotopic (exact) mass is 317 g/mol. The molecule has 0 bridgehead atoms. The second-order valence-corrected chi connectivity index (χ2v) is 6.54. The van der Waals surface area contributed by atoms with Gasteiger partial charge in [0.2, 0.25) is 5.91 Å². The molecule has 1 aromatic rings. The van der Waals surface area contributed by atoms with Gasteiger partial charge in [0.1, 0.15) is 5.75 Å². The van der Waals surface area contributed by atoms with E-state index >= 15 is 0 Å². The predicted molar refractivity (Wildman–Crippen MR) is 84.9 cm³/mol. The summed E-state index contributed by atoms with van der Waals surface area (Å²) in [5, 5.41) is 3.13. The number of nitrogens with one attached hydrogen (secondary N) is 1. The molecule has 2 amide bonds. The maximum Gasteiger partial charge on any atom is 0.260 e. The van der Waals surface area contributed by atoms with Crippen LogP contribution in [0.4, 0.5) is 0 Å². The molecule has 2 saturated heterocycles. The van der Waals surface area contributed by atoms with Crippen molar-refractivity contribution in [3.05, 3.63) is 24.5 Å². The summed E-state index contributed by atoms with van der Waals surface area (Å²) < 4.78 is 5.54. The highest BCUT2D eigenvalue weighted by molar-refractivity contribution is 5.80. The van der Waals surface area contributed by atoms with Crippen LogP contribution in [0.15, 0.2) is 24.5 Å².